The van der Waals surface area contributed by atoms with Crippen molar-refractivity contribution in [2.45, 2.75) is 6.42 Å². The van der Waals surface area contributed by atoms with Crippen LogP contribution in [0.3, 0.4) is 0 Å². The molecule has 0 N–H and O–H groups in total. The molecule has 0 atom stereocenters. The Morgan fingerprint density at radius 3 is 2.94 bits per heavy atom. The van der Waals surface area contributed by atoms with Crippen LogP contribution in [-0.2, 0) is 6.42 Å². The van der Waals surface area contributed by atoms with Crippen LogP contribution in [0.1, 0.15) is 5.69 Å². The van der Waals surface area contributed by atoms with Crippen molar-refractivity contribution in [3.63, 3.8) is 0 Å². The molecule has 0 aliphatic heterocycles. The van der Waals surface area contributed by atoms with Crippen LogP contribution in [0, 0.1) is 3.57 Å². The van der Waals surface area contributed by atoms with Gasteiger partial charge in [0.2, 0.25) is 0 Å². The molecule has 0 amide bonds. The summed E-state index contributed by atoms with van der Waals surface area (Å²) in [6.45, 7) is 0. The van der Waals surface area contributed by atoms with E-state index < -0.39 is 0 Å². The van der Waals surface area contributed by atoms with Gasteiger partial charge in [-0.15, -0.1) is 5.10 Å². The lowest BCUT2D eigenvalue weighted by atomic mass is 10.3. The Kier molecular flexibility index (Phi) is 4.21. The highest BCUT2D eigenvalue weighted by Gasteiger charge is 2.06. The van der Waals surface area contributed by atoms with Crippen LogP contribution in [0.15, 0.2) is 24.4 Å². The van der Waals surface area contributed by atoms with Crippen molar-refractivity contribution in [3.8, 4) is 5.69 Å². The normalized spacial score (nSPS) is 10.7. The van der Waals surface area contributed by atoms with E-state index in [1.54, 1.807) is 4.68 Å². The maximum absolute atomic E-state index is 5.90. The summed E-state index contributed by atoms with van der Waals surface area (Å²) in [6.07, 6.45) is 2.82. The van der Waals surface area contributed by atoms with E-state index in [0.29, 0.717) is 0 Å². The highest BCUT2D eigenvalue weighted by molar-refractivity contribution is 14.1. The van der Waals surface area contributed by atoms with Gasteiger partial charge in [-0.25, -0.2) is 4.68 Å². The molecule has 0 aliphatic carbocycles. The van der Waals surface area contributed by atoms with Crippen LogP contribution in [0.4, 0.5) is 0 Å². The van der Waals surface area contributed by atoms with Gasteiger partial charge >= 0.3 is 0 Å². The van der Waals surface area contributed by atoms with Gasteiger partial charge in [-0.05, 0) is 40.8 Å². The van der Waals surface area contributed by atoms with Crippen molar-refractivity contribution >= 4 is 50.1 Å². The molecule has 1 aromatic heterocycles. The molecule has 0 spiro atoms. The zero-order chi connectivity index (χ0) is 11.5. The van der Waals surface area contributed by atoms with E-state index in [4.69, 9.17) is 11.6 Å². The zero-order valence-corrected chi connectivity index (χ0v) is 12.7. The Morgan fingerprint density at radius 2 is 2.25 bits per heavy atom. The number of nitrogens with zero attached hydrogens (tertiary/aromatic N) is 3. The number of alkyl halides is 1. The largest absolute Gasteiger partial charge is 0.219 e. The Labute approximate surface area is 120 Å². The lowest BCUT2D eigenvalue weighted by Gasteiger charge is -2.03. The maximum atomic E-state index is 5.90. The van der Waals surface area contributed by atoms with Crippen LogP contribution in [-0.4, -0.2) is 20.3 Å². The van der Waals surface area contributed by atoms with Gasteiger partial charge in [0.05, 0.1) is 17.6 Å². The summed E-state index contributed by atoms with van der Waals surface area (Å²) < 4.78 is 2.83. The summed E-state index contributed by atoms with van der Waals surface area (Å²) >= 11 is 11.5. The lowest BCUT2D eigenvalue weighted by molar-refractivity contribution is 0.795. The van der Waals surface area contributed by atoms with Gasteiger partial charge in [0.25, 0.3) is 0 Å². The molecular formula is C10H8BrClIN3. The van der Waals surface area contributed by atoms with Crippen molar-refractivity contribution in [2.75, 3.05) is 5.33 Å². The van der Waals surface area contributed by atoms with E-state index in [2.05, 4.69) is 48.8 Å². The number of halogens is 3. The number of hydrogen-bond donors (Lipinski definition) is 0. The quantitative estimate of drug-likeness (QED) is 0.571. The van der Waals surface area contributed by atoms with Gasteiger partial charge in [-0.2, -0.15) is 0 Å². The molecule has 6 heteroatoms. The molecule has 0 saturated heterocycles. The van der Waals surface area contributed by atoms with Crippen molar-refractivity contribution < 1.29 is 0 Å². The smallest absolute Gasteiger partial charge is 0.0840 e. The Bertz CT molecular complexity index is 501. The van der Waals surface area contributed by atoms with Gasteiger partial charge in [0, 0.05) is 20.3 Å². The molecule has 0 radical (unpaired) electrons. The molecule has 0 bridgehead atoms. The number of aryl methyl sites for hydroxylation is 1. The molecule has 0 unspecified atom stereocenters. The molecule has 84 valence electrons. The number of hydrogen-bond acceptors (Lipinski definition) is 2. The van der Waals surface area contributed by atoms with Crippen LogP contribution < -0.4 is 0 Å². The number of benzene rings is 1. The first kappa shape index (κ1) is 12.3. The summed E-state index contributed by atoms with van der Waals surface area (Å²) in [5, 5.41) is 9.81. The lowest BCUT2D eigenvalue weighted by Crippen LogP contribution is -1.97. The van der Waals surface area contributed by atoms with E-state index in [0.717, 1.165) is 31.7 Å². The SMILES string of the molecule is Clc1ccc(-n2cc(CCBr)nn2)c(I)c1. The van der Waals surface area contributed by atoms with Crippen LogP contribution in [0.25, 0.3) is 5.69 Å². The fourth-order valence-electron chi connectivity index (χ4n) is 1.29. The molecular weight excluding hydrogens is 404 g/mol. The minimum Gasteiger partial charge on any atom is -0.219 e. The first-order valence-corrected chi connectivity index (χ1v) is 7.21. The van der Waals surface area contributed by atoms with E-state index in [1.807, 2.05) is 24.4 Å². The molecule has 1 heterocycles. The van der Waals surface area contributed by atoms with Crippen molar-refractivity contribution in [2.24, 2.45) is 0 Å². The van der Waals surface area contributed by atoms with Crippen molar-refractivity contribution in [3.05, 3.63) is 38.7 Å². The van der Waals surface area contributed by atoms with E-state index >= 15 is 0 Å². The third kappa shape index (κ3) is 2.75. The van der Waals surface area contributed by atoms with E-state index in [1.165, 1.54) is 0 Å². The minimum atomic E-state index is 0.731. The van der Waals surface area contributed by atoms with Gasteiger partial charge < -0.3 is 0 Å². The standard InChI is InChI=1S/C10H8BrClIN3/c11-4-3-8-6-16(15-14-8)10-2-1-7(12)5-9(10)13/h1-2,5-6H,3-4H2. The second-order valence-corrected chi connectivity index (χ2v) is 5.58. The van der Waals surface area contributed by atoms with Gasteiger partial charge in [0.15, 0.2) is 0 Å². The molecule has 0 fully saturated rings. The zero-order valence-electron chi connectivity index (χ0n) is 8.20. The van der Waals surface area contributed by atoms with Gasteiger partial charge in [-0.1, -0.05) is 32.7 Å². The molecule has 2 aromatic rings. The fraction of sp³-hybridized carbons (Fsp3) is 0.200. The predicted octanol–water partition coefficient (Wildman–Crippen LogP) is 3.46. The van der Waals surface area contributed by atoms with Gasteiger partial charge in [0.1, 0.15) is 0 Å². The third-order valence-corrected chi connectivity index (χ3v) is 3.54. The molecule has 3 nitrogen and oxygen atoms in total. The first-order valence-electron chi connectivity index (χ1n) is 4.63. The third-order valence-electron chi connectivity index (χ3n) is 2.05. The highest BCUT2D eigenvalue weighted by Crippen LogP contribution is 2.20. The molecule has 0 aliphatic rings. The Balaban J connectivity index is 2.35. The monoisotopic (exact) mass is 411 g/mol. The minimum absolute atomic E-state index is 0.731. The van der Waals surface area contributed by atoms with Crippen LogP contribution in [0.5, 0.6) is 0 Å². The second kappa shape index (κ2) is 5.46. The Morgan fingerprint density at radius 1 is 1.44 bits per heavy atom. The van der Waals surface area contributed by atoms with Crippen molar-refractivity contribution in [1.29, 1.82) is 0 Å². The number of aromatic nitrogens is 3. The van der Waals surface area contributed by atoms with E-state index in [9.17, 15) is 0 Å². The predicted molar refractivity (Wildman–Crippen MR) is 76.6 cm³/mol. The van der Waals surface area contributed by atoms with Gasteiger partial charge in [-0.3, -0.25) is 0 Å². The Hall–Kier alpha value is -0.140. The van der Waals surface area contributed by atoms with Crippen LogP contribution >= 0.6 is 50.1 Å². The number of rotatable bonds is 3. The van der Waals surface area contributed by atoms with E-state index in [-0.39, 0.29) is 0 Å². The topological polar surface area (TPSA) is 30.7 Å². The second-order valence-electron chi connectivity index (χ2n) is 3.19. The molecule has 2 rings (SSSR count). The fourth-order valence-corrected chi connectivity index (χ4v) is 2.82. The summed E-state index contributed by atoms with van der Waals surface area (Å²) in [4.78, 5) is 0. The summed E-state index contributed by atoms with van der Waals surface area (Å²) in [5.41, 5.74) is 1.97. The van der Waals surface area contributed by atoms with Crippen molar-refractivity contribution in [1.82, 2.24) is 15.0 Å². The summed E-state index contributed by atoms with van der Waals surface area (Å²) in [6, 6.07) is 5.70. The molecule has 1 aromatic carbocycles. The summed E-state index contributed by atoms with van der Waals surface area (Å²) in [7, 11) is 0. The molecule has 16 heavy (non-hydrogen) atoms. The average Bonchev–Trinajstić information content (AvgIpc) is 2.67. The highest BCUT2D eigenvalue weighted by atomic mass is 127. The average molecular weight is 412 g/mol. The maximum Gasteiger partial charge on any atom is 0.0840 e. The first-order chi connectivity index (χ1) is 7.70. The molecule has 0 saturated carbocycles. The van der Waals surface area contributed by atoms with Crippen LogP contribution in [0.2, 0.25) is 5.02 Å². The summed E-state index contributed by atoms with van der Waals surface area (Å²) in [5.74, 6) is 0.